The molecule has 6 atom stereocenters. The minimum atomic E-state index is -0.587. The molecule has 1 unspecified atom stereocenters. The largest absolute Gasteiger partial charge is 0.392 e. The van der Waals surface area contributed by atoms with Crippen molar-refractivity contribution in [1.82, 2.24) is 21.3 Å². The van der Waals surface area contributed by atoms with Crippen LogP contribution < -0.4 is 21.3 Å². The van der Waals surface area contributed by atoms with Gasteiger partial charge < -0.3 is 78.5 Å². The SMILES string of the molecule is CCCCCC/C=C/[C@H]1[C@H](O)CC(=O)[C@@H]1C/C=C\CCCC(=O)NCCOCCOCCOCCOCCOCCOCCOCCOCCOCCOCCOCCNC(=O)CCCCC1SC[C@@H]2NC(=O)N[C@H]12. The van der Waals surface area contributed by atoms with E-state index in [1.807, 2.05) is 23.9 Å². The monoisotopic (exact) mass is 1090 g/mol. The Bertz CT molecular complexity index is 1500. The molecule has 0 aromatic rings. The number of Topliss-reactive ketones (excluding diaryl/α,β-unsaturated/α-hetero) is 1. The Morgan fingerprint density at radius 3 is 1.49 bits per heavy atom. The van der Waals surface area contributed by atoms with Gasteiger partial charge in [-0.15, -0.1) is 0 Å². The van der Waals surface area contributed by atoms with Crippen LogP contribution >= 0.6 is 11.8 Å². The zero-order chi connectivity index (χ0) is 53.5. The average Bonchev–Trinajstić information content (AvgIpc) is 4.05. The number of ether oxygens (including phenoxy) is 11. The first-order valence-electron chi connectivity index (χ1n) is 28.0. The average molecular weight is 1090 g/mol. The smallest absolute Gasteiger partial charge is 0.315 e. The zero-order valence-corrected chi connectivity index (χ0v) is 46.1. The van der Waals surface area contributed by atoms with E-state index in [9.17, 15) is 24.3 Å². The molecule has 21 heteroatoms. The lowest BCUT2D eigenvalue weighted by Gasteiger charge is -2.16. The summed E-state index contributed by atoms with van der Waals surface area (Å²) in [6.07, 6.45) is 19.6. The number of thioether (sulfide) groups is 1. The Hall–Kier alpha value is -2.77. The highest BCUT2D eigenvalue weighted by Gasteiger charge is 2.42. The first-order chi connectivity index (χ1) is 36.9. The maximum Gasteiger partial charge on any atom is 0.315 e. The predicted octanol–water partition coefficient (Wildman–Crippen LogP) is 4.34. The van der Waals surface area contributed by atoms with Gasteiger partial charge in [0.2, 0.25) is 11.8 Å². The number of amides is 4. The third-order valence-corrected chi connectivity index (χ3v) is 14.1. The second-order valence-corrected chi connectivity index (χ2v) is 19.9. The molecule has 4 amide bonds. The Morgan fingerprint density at radius 2 is 1.01 bits per heavy atom. The Morgan fingerprint density at radius 1 is 0.560 bits per heavy atom. The first-order valence-corrected chi connectivity index (χ1v) is 29.0. The highest BCUT2D eigenvalue weighted by Crippen LogP contribution is 2.34. The van der Waals surface area contributed by atoms with E-state index in [0.29, 0.717) is 183 Å². The molecule has 0 aromatic heterocycles. The van der Waals surface area contributed by atoms with Gasteiger partial charge >= 0.3 is 6.03 Å². The number of aliphatic hydroxyl groups is 1. The van der Waals surface area contributed by atoms with Crippen molar-refractivity contribution in [2.24, 2.45) is 11.8 Å². The number of carbonyl (C=O) groups excluding carboxylic acids is 4. The third kappa shape index (κ3) is 35.4. The minimum Gasteiger partial charge on any atom is -0.392 e. The summed E-state index contributed by atoms with van der Waals surface area (Å²) in [7, 11) is 0. The summed E-state index contributed by atoms with van der Waals surface area (Å²) < 4.78 is 60.8. The summed E-state index contributed by atoms with van der Waals surface area (Å²) in [5, 5.41) is 22.5. The van der Waals surface area contributed by atoms with E-state index in [-0.39, 0.29) is 54.0 Å². The topological polar surface area (TPSA) is 238 Å². The summed E-state index contributed by atoms with van der Waals surface area (Å²) in [6.45, 7) is 13.3. The zero-order valence-electron chi connectivity index (χ0n) is 45.3. The Labute approximate surface area is 452 Å². The molecule has 3 aliphatic rings. The van der Waals surface area contributed by atoms with Gasteiger partial charge in [-0.3, -0.25) is 14.4 Å². The van der Waals surface area contributed by atoms with E-state index in [1.165, 1.54) is 19.3 Å². The molecule has 0 spiro atoms. The van der Waals surface area contributed by atoms with Crippen LogP contribution in [-0.4, -0.2) is 216 Å². The van der Waals surface area contributed by atoms with E-state index in [0.717, 1.165) is 50.7 Å². The number of unbranched alkanes of at least 4 members (excludes halogenated alkanes) is 6. The van der Waals surface area contributed by atoms with Crippen LogP contribution in [0.2, 0.25) is 0 Å². The van der Waals surface area contributed by atoms with Crippen molar-refractivity contribution in [3.05, 3.63) is 24.3 Å². The lowest BCUT2D eigenvalue weighted by Crippen LogP contribution is -2.36. The van der Waals surface area contributed by atoms with Crippen molar-refractivity contribution >= 4 is 35.4 Å². The molecule has 2 saturated heterocycles. The van der Waals surface area contributed by atoms with E-state index in [4.69, 9.17) is 52.1 Å². The molecule has 1 aliphatic carbocycles. The second-order valence-electron chi connectivity index (χ2n) is 18.6. The third-order valence-electron chi connectivity index (χ3n) is 12.6. The first kappa shape index (κ1) is 66.5. The predicted molar refractivity (Wildman–Crippen MR) is 287 cm³/mol. The quantitative estimate of drug-likeness (QED) is 0.0324. The van der Waals surface area contributed by atoms with Crippen LogP contribution in [0.1, 0.15) is 96.8 Å². The summed E-state index contributed by atoms with van der Waals surface area (Å²) in [5.41, 5.74) is 0. The van der Waals surface area contributed by atoms with Crippen molar-refractivity contribution < 1.29 is 76.4 Å². The van der Waals surface area contributed by atoms with Gasteiger partial charge in [0, 0.05) is 55.2 Å². The van der Waals surface area contributed by atoms with E-state index in [2.05, 4.69) is 40.3 Å². The molecule has 2 aliphatic heterocycles. The van der Waals surface area contributed by atoms with Gasteiger partial charge in [-0.2, -0.15) is 11.8 Å². The molecule has 5 N–H and O–H groups in total. The number of allylic oxidation sites excluding steroid dienone is 3. The molecule has 1 saturated carbocycles. The van der Waals surface area contributed by atoms with Gasteiger partial charge in [-0.25, -0.2) is 4.79 Å². The maximum absolute atomic E-state index is 12.5. The van der Waals surface area contributed by atoms with Crippen LogP contribution in [0.25, 0.3) is 0 Å². The summed E-state index contributed by atoms with van der Waals surface area (Å²) in [6, 6.07) is 0.388. The van der Waals surface area contributed by atoms with Gasteiger partial charge in [0.05, 0.1) is 164 Å². The second kappa shape index (κ2) is 47.2. The maximum atomic E-state index is 12.5. The number of hydrogen-bond acceptors (Lipinski definition) is 17. The number of ketones is 1. The standard InChI is InChI=1S/C54H96N4O16S/c1-2-3-4-5-6-9-14-45-46(49(60)43-48(45)59)15-10-7-8-11-17-51(61)55-19-21-64-23-25-66-27-29-68-31-33-70-35-37-72-39-41-74-42-40-73-38-36-71-34-32-69-30-28-67-26-24-65-22-20-56-52(62)18-13-12-16-50-53-47(44-75-50)57-54(63)58-53/h7,9-10,14,45-48,50,53,59H,2-6,8,11-13,15-44H2,1H3,(H,55,61)(H,56,62)(H2,57,58,63)/b10-7-,14-9+/t45-,46-,47+,48-,50?,53+/m1/s1. The van der Waals surface area contributed by atoms with Crippen molar-refractivity contribution in [3.63, 3.8) is 0 Å². The van der Waals surface area contributed by atoms with Gasteiger partial charge in [0.1, 0.15) is 5.78 Å². The number of aliphatic hydroxyl groups excluding tert-OH is 1. The van der Waals surface area contributed by atoms with Crippen molar-refractivity contribution in [1.29, 1.82) is 0 Å². The molecule has 2 heterocycles. The molecule has 434 valence electrons. The molecule has 20 nitrogen and oxygen atoms in total. The molecule has 0 aromatic carbocycles. The van der Waals surface area contributed by atoms with Crippen LogP contribution in [0.5, 0.6) is 0 Å². The number of rotatable bonds is 53. The highest BCUT2D eigenvalue weighted by atomic mass is 32.2. The molecular formula is C54H96N4O16S. The lowest BCUT2D eigenvalue weighted by molar-refractivity contribution is -0.122. The highest BCUT2D eigenvalue weighted by molar-refractivity contribution is 8.00. The summed E-state index contributed by atoms with van der Waals surface area (Å²) in [5.74, 6) is 0.856. The number of fused-ring (bicyclic) bond motifs is 1. The Kier molecular flexibility index (Phi) is 41.9. The van der Waals surface area contributed by atoms with Gasteiger partial charge in [0.25, 0.3) is 0 Å². The van der Waals surface area contributed by atoms with Crippen LogP contribution in [-0.2, 0) is 66.5 Å². The molecule has 0 bridgehead atoms. The number of carbonyl (C=O) groups is 4. The molecule has 75 heavy (non-hydrogen) atoms. The molecular weight excluding hydrogens is 993 g/mol. The fourth-order valence-corrected chi connectivity index (χ4v) is 10.0. The van der Waals surface area contributed by atoms with Crippen LogP contribution in [0, 0.1) is 11.8 Å². The van der Waals surface area contributed by atoms with Crippen molar-refractivity contribution in [3.8, 4) is 0 Å². The van der Waals surface area contributed by atoms with E-state index < -0.39 is 6.10 Å². The molecule has 3 fully saturated rings. The summed E-state index contributed by atoms with van der Waals surface area (Å²) in [4.78, 5) is 48.2. The lowest BCUT2D eigenvalue weighted by atomic mass is 9.90. The Balaban J connectivity index is 0.908. The summed E-state index contributed by atoms with van der Waals surface area (Å²) >= 11 is 1.90. The van der Waals surface area contributed by atoms with Crippen molar-refractivity contribution in [2.45, 2.75) is 120 Å². The van der Waals surface area contributed by atoms with Crippen LogP contribution in [0.3, 0.4) is 0 Å². The number of hydrogen-bond donors (Lipinski definition) is 5. The van der Waals surface area contributed by atoms with E-state index in [1.54, 1.807) is 0 Å². The fourth-order valence-electron chi connectivity index (χ4n) is 8.49. The molecule has 3 rings (SSSR count). The number of nitrogens with one attached hydrogen (secondary N) is 4. The van der Waals surface area contributed by atoms with Crippen LogP contribution in [0.4, 0.5) is 4.79 Å². The number of urea groups is 1. The normalized spacial score (nSPS) is 20.4. The fraction of sp³-hybridized carbons (Fsp3) is 0.852. The van der Waals surface area contributed by atoms with Crippen LogP contribution in [0.15, 0.2) is 24.3 Å². The molecule has 0 radical (unpaired) electrons. The minimum absolute atomic E-state index is 0.00861. The van der Waals surface area contributed by atoms with Gasteiger partial charge in [-0.05, 0) is 44.9 Å². The van der Waals surface area contributed by atoms with E-state index >= 15 is 0 Å². The van der Waals surface area contributed by atoms with Crippen molar-refractivity contribution in [2.75, 3.05) is 164 Å². The van der Waals surface area contributed by atoms with Gasteiger partial charge in [-0.1, -0.05) is 56.9 Å². The van der Waals surface area contributed by atoms with Gasteiger partial charge in [0.15, 0.2) is 0 Å².